The van der Waals surface area contributed by atoms with Gasteiger partial charge in [0.2, 0.25) is 0 Å². The SMILES string of the molecule is CCCCC(=O)OC.NC(N)=O. The van der Waals surface area contributed by atoms with Crippen molar-refractivity contribution in [3.05, 3.63) is 0 Å². The minimum absolute atomic E-state index is 0.105. The van der Waals surface area contributed by atoms with Gasteiger partial charge in [-0.15, -0.1) is 0 Å². The van der Waals surface area contributed by atoms with Crippen molar-refractivity contribution in [1.29, 1.82) is 0 Å². The van der Waals surface area contributed by atoms with Crippen molar-refractivity contribution < 1.29 is 14.3 Å². The topological polar surface area (TPSA) is 95.4 Å². The van der Waals surface area contributed by atoms with Gasteiger partial charge in [0.1, 0.15) is 0 Å². The smallest absolute Gasteiger partial charge is 0.309 e. The Morgan fingerprint density at radius 2 is 1.75 bits per heavy atom. The van der Waals surface area contributed by atoms with E-state index in [1.807, 2.05) is 6.92 Å². The Morgan fingerprint density at radius 3 is 2.00 bits per heavy atom. The minimum atomic E-state index is -0.833. The molecule has 0 aromatic rings. The van der Waals surface area contributed by atoms with E-state index in [1.165, 1.54) is 7.11 Å². The highest BCUT2D eigenvalue weighted by Crippen LogP contribution is 1.94. The largest absolute Gasteiger partial charge is 0.469 e. The van der Waals surface area contributed by atoms with Gasteiger partial charge in [-0.25, -0.2) is 4.79 Å². The molecule has 0 radical (unpaired) electrons. The Kier molecular flexibility index (Phi) is 10.8. The second-order valence-electron chi connectivity index (χ2n) is 2.08. The predicted molar refractivity (Wildman–Crippen MR) is 45.3 cm³/mol. The number of primary amides is 2. The third-order valence-electron chi connectivity index (χ3n) is 0.962. The Labute approximate surface area is 72.1 Å². The van der Waals surface area contributed by atoms with Crippen LogP contribution in [0, 0.1) is 0 Å². The lowest BCUT2D eigenvalue weighted by Crippen LogP contribution is -2.18. The molecule has 0 saturated heterocycles. The van der Waals surface area contributed by atoms with Gasteiger partial charge in [-0.3, -0.25) is 4.79 Å². The molecule has 5 nitrogen and oxygen atoms in total. The molecule has 12 heavy (non-hydrogen) atoms. The lowest BCUT2D eigenvalue weighted by atomic mass is 10.3. The summed E-state index contributed by atoms with van der Waals surface area (Å²) in [5.41, 5.74) is 8.50. The van der Waals surface area contributed by atoms with Crippen LogP contribution in [-0.2, 0) is 9.53 Å². The first kappa shape index (κ1) is 13.3. The van der Waals surface area contributed by atoms with E-state index in [1.54, 1.807) is 0 Å². The fraction of sp³-hybridized carbons (Fsp3) is 0.714. The van der Waals surface area contributed by atoms with Crippen LogP contribution in [0.1, 0.15) is 26.2 Å². The summed E-state index contributed by atoms with van der Waals surface area (Å²) in [6.07, 6.45) is 2.55. The van der Waals surface area contributed by atoms with Crippen LogP contribution in [0.15, 0.2) is 0 Å². The molecule has 0 rings (SSSR count). The van der Waals surface area contributed by atoms with Crippen LogP contribution >= 0.6 is 0 Å². The van der Waals surface area contributed by atoms with Gasteiger partial charge in [0, 0.05) is 6.42 Å². The Morgan fingerprint density at radius 1 is 1.33 bits per heavy atom. The van der Waals surface area contributed by atoms with Crippen LogP contribution in [0.2, 0.25) is 0 Å². The molecule has 0 aromatic heterocycles. The van der Waals surface area contributed by atoms with E-state index in [0.29, 0.717) is 6.42 Å². The molecule has 0 aromatic carbocycles. The first-order valence-electron chi connectivity index (χ1n) is 3.66. The number of rotatable bonds is 3. The number of hydrogen-bond acceptors (Lipinski definition) is 3. The molecule has 0 spiro atoms. The summed E-state index contributed by atoms with van der Waals surface area (Å²) in [4.78, 5) is 19.3. The molecular formula is C7H16N2O3. The second-order valence-corrected chi connectivity index (χ2v) is 2.08. The third kappa shape index (κ3) is 23.3. The van der Waals surface area contributed by atoms with E-state index in [-0.39, 0.29) is 5.97 Å². The molecule has 72 valence electrons. The minimum Gasteiger partial charge on any atom is -0.469 e. The average molecular weight is 176 g/mol. The number of unbranched alkanes of at least 4 members (excludes halogenated alkanes) is 1. The summed E-state index contributed by atoms with van der Waals surface area (Å²) in [6, 6.07) is -0.833. The highest BCUT2D eigenvalue weighted by atomic mass is 16.5. The van der Waals surface area contributed by atoms with Gasteiger partial charge in [0.15, 0.2) is 0 Å². The molecule has 0 heterocycles. The van der Waals surface area contributed by atoms with Crippen LogP contribution in [0.4, 0.5) is 4.79 Å². The van der Waals surface area contributed by atoms with E-state index in [4.69, 9.17) is 4.79 Å². The van der Waals surface area contributed by atoms with Crippen molar-refractivity contribution in [2.24, 2.45) is 11.5 Å². The number of amides is 2. The van der Waals surface area contributed by atoms with Crippen LogP contribution in [-0.4, -0.2) is 19.1 Å². The number of methoxy groups -OCH3 is 1. The highest BCUT2D eigenvalue weighted by molar-refractivity contribution is 5.69. The van der Waals surface area contributed by atoms with Crippen LogP contribution in [0.25, 0.3) is 0 Å². The van der Waals surface area contributed by atoms with Crippen molar-refractivity contribution in [3.63, 3.8) is 0 Å². The summed E-state index contributed by atoms with van der Waals surface area (Å²) in [5.74, 6) is -0.105. The van der Waals surface area contributed by atoms with Crippen molar-refractivity contribution in [2.45, 2.75) is 26.2 Å². The van der Waals surface area contributed by atoms with Gasteiger partial charge in [0.05, 0.1) is 7.11 Å². The highest BCUT2D eigenvalue weighted by Gasteiger charge is 1.95. The predicted octanol–water partition coefficient (Wildman–Crippen LogP) is 0.373. The van der Waals surface area contributed by atoms with Crippen LogP contribution < -0.4 is 11.5 Å². The molecule has 0 aliphatic carbocycles. The van der Waals surface area contributed by atoms with Crippen molar-refractivity contribution in [2.75, 3.05) is 7.11 Å². The van der Waals surface area contributed by atoms with Crippen LogP contribution in [0.5, 0.6) is 0 Å². The van der Waals surface area contributed by atoms with E-state index in [2.05, 4.69) is 16.2 Å². The summed E-state index contributed by atoms with van der Waals surface area (Å²) < 4.78 is 4.41. The number of carbonyl (C=O) groups is 2. The molecule has 0 aliphatic heterocycles. The number of hydrogen-bond donors (Lipinski definition) is 2. The number of carbonyl (C=O) groups excluding carboxylic acids is 2. The zero-order valence-electron chi connectivity index (χ0n) is 7.50. The standard InChI is InChI=1S/C6H12O2.CH4N2O/c1-3-4-5-6(7)8-2;2-1(3)4/h3-5H2,1-2H3;(H4,2,3,4). The molecular weight excluding hydrogens is 160 g/mol. The third-order valence-corrected chi connectivity index (χ3v) is 0.962. The van der Waals surface area contributed by atoms with E-state index >= 15 is 0 Å². The van der Waals surface area contributed by atoms with Crippen LogP contribution in [0.3, 0.4) is 0 Å². The quantitative estimate of drug-likeness (QED) is 0.608. The van der Waals surface area contributed by atoms with Gasteiger partial charge >= 0.3 is 12.0 Å². The number of nitrogens with two attached hydrogens (primary N) is 2. The summed E-state index contributed by atoms with van der Waals surface area (Å²) in [7, 11) is 1.41. The Hall–Kier alpha value is -1.26. The molecule has 5 heteroatoms. The zero-order chi connectivity index (χ0) is 9.98. The maximum absolute atomic E-state index is 10.3. The van der Waals surface area contributed by atoms with Crippen molar-refractivity contribution in [3.8, 4) is 0 Å². The lowest BCUT2D eigenvalue weighted by molar-refractivity contribution is -0.140. The lowest BCUT2D eigenvalue weighted by Gasteiger charge is -1.93. The van der Waals surface area contributed by atoms with Gasteiger partial charge < -0.3 is 16.2 Å². The molecule has 0 aliphatic rings. The van der Waals surface area contributed by atoms with E-state index in [9.17, 15) is 4.79 Å². The Bertz CT molecular complexity index is 133. The Balaban J connectivity index is 0. The molecule has 0 saturated carbocycles. The maximum atomic E-state index is 10.3. The molecule has 2 amide bonds. The normalized spacial score (nSPS) is 7.83. The number of urea groups is 1. The first-order chi connectivity index (χ1) is 5.54. The summed E-state index contributed by atoms with van der Waals surface area (Å²) in [6.45, 7) is 2.04. The van der Waals surface area contributed by atoms with Gasteiger partial charge in [-0.2, -0.15) is 0 Å². The van der Waals surface area contributed by atoms with E-state index in [0.717, 1.165) is 12.8 Å². The molecule has 0 bridgehead atoms. The van der Waals surface area contributed by atoms with E-state index < -0.39 is 6.03 Å². The number of ether oxygens (including phenoxy) is 1. The van der Waals surface area contributed by atoms with Crippen molar-refractivity contribution in [1.82, 2.24) is 0 Å². The van der Waals surface area contributed by atoms with Gasteiger partial charge in [-0.05, 0) is 6.42 Å². The fourth-order valence-corrected chi connectivity index (χ4v) is 0.423. The second kappa shape index (κ2) is 9.74. The average Bonchev–Trinajstić information content (AvgIpc) is 1.99. The van der Waals surface area contributed by atoms with Gasteiger partial charge in [-0.1, -0.05) is 13.3 Å². The molecule has 0 unspecified atom stereocenters. The monoisotopic (exact) mass is 176 g/mol. The van der Waals surface area contributed by atoms with Crippen molar-refractivity contribution >= 4 is 12.0 Å². The molecule has 0 fully saturated rings. The fourth-order valence-electron chi connectivity index (χ4n) is 0.423. The molecule has 0 atom stereocenters. The number of esters is 1. The maximum Gasteiger partial charge on any atom is 0.309 e. The van der Waals surface area contributed by atoms with Gasteiger partial charge in [0.25, 0.3) is 0 Å². The first-order valence-corrected chi connectivity index (χ1v) is 3.66. The summed E-state index contributed by atoms with van der Waals surface area (Å²) in [5, 5.41) is 0. The zero-order valence-corrected chi connectivity index (χ0v) is 7.50. The molecule has 4 N–H and O–H groups in total. The summed E-state index contributed by atoms with van der Waals surface area (Å²) >= 11 is 0.